The van der Waals surface area contributed by atoms with Crippen molar-refractivity contribution in [1.29, 1.82) is 0 Å². The molecule has 3 aromatic rings. The van der Waals surface area contributed by atoms with Gasteiger partial charge < -0.3 is 5.32 Å². The molecular formula is C16H13FN2OS2. The highest BCUT2D eigenvalue weighted by molar-refractivity contribution is 8.01. The van der Waals surface area contributed by atoms with E-state index in [-0.39, 0.29) is 17.3 Å². The van der Waals surface area contributed by atoms with Crippen molar-refractivity contribution in [3.63, 3.8) is 0 Å². The number of carbonyl (C=O) groups excluding carboxylic acids is 1. The van der Waals surface area contributed by atoms with E-state index in [9.17, 15) is 9.18 Å². The first-order chi connectivity index (χ1) is 10.6. The average Bonchev–Trinajstić information content (AvgIpc) is 2.92. The van der Waals surface area contributed by atoms with Gasteiger partial charge in [0.1, 0.15) is 5.82 Å². The van der Waals surface area contributed by atoms with Crippen LogP contribution in [0.5, 0.6) is 0 Å². The van der Waals surface area contributed by atoms with Crippen molar-refractivity contribution in [2.75, 3.05) is 11.1 Å². The third kappa shape index (κ3) is 3.45. The number of thioether (sulfide) groups is 1. The Hall–Kier alpha value is -1.92. The highest BCUT2D eigenvalue weighted by Gasteiger charge is 2.10. The Kier molecular flexibility index (Phi) is 4.40. The van der Waals surface area contributed by atoms with Gasteiger partial charge in [0.05, 0.1) is 21.7 Å². The van der Waals surface area contributed by atoms with Crippen LogP contribution in [0.3, 0.4) is 0 Å². The molecule has 0 spiro atoms. The van der Waals surface area contributed by atoms with Crippen molar-refractivity contribution in [3.8, 4) is 0 Å². The fourth-order valence-corrected chi connectivity index (χ4v) is 3.83. The fourth-order valence-electron chi connectivity index (χ4n) is 1.96. The Morgan fingerprint density at radius 3 is 2.95 bits per heavy atom. The van der Waals surface area contributed by atoms with Crippen molar-refractivity contribution in [2.45, 2.75) is 11.3 Å². The maximum atomic E-state index is 13.6. The minimum Gasteiger partial charge on any atom is -0.323 e. The van der Waals surface area contributed by atoms with Crippen LogP contribution in [0.25, 0.3) is 10.2 Å². The highest BCUT2D eigenvalue weighted by atomic mass is 32.2. The number of thiazole rings is 1. The summed E-state index contributed by atoms with van der Waals surface area (Å²) in [6, 6.07) is 12.5. The predicted molar refractivity (Wildman–Crippen MR) is 90.1 cm³/mol. The van der Waals surface area contributed by atoms with Gasteiger partial charge >= 0.3 is 0 Å². The van der Waals surface area contributed by atoms with Crippen LogP contribution in [0.15, 0.2) is 46.8 Å². The van der Waals surface area contributed by atoms with Crippen molar-refractivity contribution in [2.24, 2.45) is 0 Å². The second-order valence-electron chi connectivity index (χ2n) is 4.77. The van der Waals surface area contributed by atoms with E-state index in [1.165, 1.54) is 17.8 Å². The number of hydrogen-bond acceptors (Lipinski definition) is 4. The molecule has 3 rings (SSSR count). The molecule has 0 bridgehead atoms. The summed E-state index contributed by atoms with van der Waals surface area (Å²) in [5, 5.41) is 2.60. The Bertz CT molecular complexity index is 799. The lowest BCUT2D eigenvalue weighted by Gasteiger charge is -2.06. The van der Waals surface area contributed by atoms with Gasteiger partial charge in [-0.05, 0) is 36.8 Å². The summed E-state index contributed by atoms with van der Waals surface area (Å²) >= 11 is 2.91. The molecule has 1 amide bonds. The Morgan fingerprint density at radius 2 is 2.14 bits per heavy atom. The molecule has 0 unspecified atom stereocenters. The summed E-state index contributed by atoms with van der Waals surface area (Å²) in [6.07, 6.45) is 0. The third-order valence-corrected chi connectivity index (χ3v) is 5.18. The van der Waals surface area contributed by atoms with Crippen LogP contribution < -0.4 is 5.32 Å². The molecule has 22 heavy (non-hydrogen) atoms. The van der Waals surface area contributed by atoms with Crippen molar-refractivity contribution >= 4 is 44.9 Å². The van der Waals surface area contributed by atoms with Gasteiger partial charge in [0.25, 0.3) is 0 Å². The maximum Gasteiger partial charge on any atom is 0.234 e. The van der Waals surface area contributed by atoms with Gasteiger partial charge in [-0.1, -0.05) is 30.0 Å². The Labute approximate surface area is 135 Å². The SMILES string of the molecule is Cc1ccc(F)c(NC(=O)CSc2nc3ccccc3s2)c1. The summed E-state index contributed by atoms with van der Waals surface area (Å²) in [7, 11) is 0. The standard InChI is InChI=1S/C16H13FN2OS2/c1-10-6-7-11(17)13(8-10)18-15(20)9-21-16-19-12-4-2-3-5-14(12)22-16/h2-8H,9H2,1H3,(H,18,20). The molecule has 3 nitrogen and oxygen atoms in total. The number of fused-ring (bicyclic) bond motifs is 1. The van der Waals surface area contributed by atoms with Crippen molar-refractivity contribution in [1.82, 2.24) is 4.98 Å². The first kappa shape index (κ1) is 15.0. The highest BCUT2D eigenvalue weighted by Crippen LogP contribution is 2.29. The monoisotopic (exact) mass is 332 g/mol. The number of aryl methyl sites for hydroxylation is 1. The molecule has 0 atom stereocenters. The summed E-state index contributed by atoms with van der Waals surface area (Å²) in [4.78, 5) is 16.4. The number of rotatable bonds is 4. The molecule has 0 aliphatic rings. The number of nitrogens with one attached hydrogen (secondary N) is 1. The molecule has 6 heteroatoms. The number of amides is 1. The molecule has 0 aliphatic carbocycles. The van der Waals surface area contributed by atoms with Gasteiger partial charge in [0.15, 0.2) is 4.34 Å². The number of halogens is 1. The van der Waals surface area contributed by atoms with E-state index in [4.69, 9.17) is 0 Å². The van der Waals surface area contributed by atoms with Crippen molar-refractivity contribution < 1.29 is 9.18 Å². The third-order valence-electron chi connectivity index (χ3n) is 3.00. The van der Waals surface area contributed by atoms with Crippen LogP contribution in [-0.2, 0) is 4.79 Å². The zero-order valence-electron chi connectivity index (χ0n) is 11.8. The molecule has 112 valence electrons. The van der Waals surface area contributed by atoms with E-state index >= 15 is 0 Å². The number of hydrogen-bond donors (Lipinski definition) is 1. The first-order valence-corrected chi connectivity index (χ1v) is 8.46. The minimum atomic E-state index is -0.427. The van der Waals surface area contributed by atoms with Crippen LogP contribution in [0, 0.1) is 12.7 Å². The van der Waals surface area contributed by atoms with Gasteiger partial charge in [0, 0.05) is 0 Å². The molecule has 2 aromatic carbocycles. The van der Waals surface area contributed by atoms with E-state index in [0.717, 1.165) is 20.1 Å². The molecular weight excluding hydrogens is 319 g/mol. The van der Waals surface area contributed by atoms with E-state index < -0.39 is 5.82 Å². The second kappa shape index (κ2) is 6.46. The number of para-hydroxylation sites is 1. The topological polar surface area (TPSA) is 42.0 Å². The quantitative estimate of drug-likeness (QED) is 0.717. The molecule has 0 fully saturated rings. The summed E-state index contributed by atoms with van der Waals surface area (Å²) < 4.78 is 15.5. The summed E-state index contributed by atoms with van der Waals surface area (Å²) in [6.45, 7) is 1.85. The molecule has 0 aliphatic heterocycles. The Morgan fingerprint density at radius 1 is 1.32 bits per heavy atom. The minimum absolute atomic E-state index is 0.202. The van der Waals surface area contributed by atoms with E-state index in [0.29, 0.717) is 0 Å². The van der Waals surface area contributed by atoms with Crippen LogP contribution in [0.4, 0.5) is 10.1 Å². The number of benzene rings is 2. The lowest BCUT2D eigenvalue weighted by molar-refractivity contribution is -0.113. The van der Waals surface area contributed by atoms with E-state index in [1.807, 2.05) is 31.2 Å². The van der Waals surface area contributed by atoms with Crippen LogP contribution >= 0.6 is 23.1 Å². The molecule has 0 saturated carbocycles. The van der Waals surface area contributed by atoms with Crippen LogP contribution in [0.2, 0.25) is 0 Å². The van der Waals surface area contributed by atoms with Gasteiger partial charge in [-0.3, -0.25) is 4.79 Å². The predicted octanol–water partition coefficient (Wildman–Crippen LogP) is 4.47. The number of nitrogens with zero attached hydrogens (tertiary/aromatic N) is 1. The van der Waals surface area contributed by atoms with E-state index in [2.05, 4.69) is 10.3 Å². The van der Waals surface area contributed by atoms with Gasteiger partial charge in [-0.15, -0.1) is 11.3 Å². The zero-order chi connectivity index (χ0) is 15.5. The second-order valence-corrected chi connectivity index (χ2v) is 7.02. The van der Waals surface area contributed by atoms with Gasteiger partial charge in [-0.25, -0.2) is 9.37 Å². The molecule has 0 radical (unpaired) electrons. The average molecular weight is 332 g/mol. The number of carbonyl (C=O) groups is 1. The number of aromatic nitrogens is 1. The lowest BCUT2D eigenvalue weighted by atomic mass is 10.2. The first-order valence-electron chi connectivity index (χ1n) is 6.66. The lowest BCUT2D eigenvalue weighted by Crippen LogP contribution is -2.15. The fraction of sp³-hybridized carbons (Fsp3) is 0.125. The van der Waals surface area contributed by atoms with E-state index in [1.54, 1.807) is 23.5 Å². The normalized spacial score (nSPS) is 10.8. The molecule has 1 aromatic heterocycles. The maximum absolute atomic E-state index is 13.6. The summed E-state index contributed by atoms with van der Waals surface area (Å²) in [5.74, 6) is -0.467. The number of anilines is 1. The van der Waals surface area contributed by atoms with Crippen LogP contribution in [0.1, 0.15) is 5.56 Å². The van der Waals surface area contributed by atoms with Crippen molar-refractivity contribution in [3.05, 3.63) is 53.8 Å². The molecule has 1 heterocycles. The van der Waals surface area contributed by atoms with Gasteiger partial charge in [0.2, 0.25) is 5.91 Å². The van der Waals surface area contributed by atoms with Gasteiger partial charge in [-0.2, -0.15) is 0 Å². The molecule has 1 N–H and O–H groups in total. The summed E-state index contributed by atoms with van der Waals surface area (Å²) in [5.41, 5.74) is 2.05. The Balaban J connectivity index is 1.63. The largest absolute Gasteiger partial charge is 0.323 e. The zero-order valence-corrected chi connectivity index (χ0v) is 13.4. The smallest absolute Gasteiger partial charge is 0.234 e. The van der Waals surface area contributed by atoms with Crippen LogP contribution in [-0.4, -0.2) is 16.6 Å². The molecule has 0 saturated heterocycles.